The van der Waals surface area contributed by atoms with E-state index in [-0.39, 0.29) is 16.8 Å². The number of rotatable bonds is 7. The highest BCUT2D eigenvalue weighted by Crippen LogP contribution is 2.32. The molecule has 0 saturated heterocycles. The SMILES string of the molecule is COc1ccc([C@H](C)NC(=O)[C@H](C)N(c2cc(Cl)ccc2Cl)S(C)(=O)=O)cc1. The van der Waals surface area contributed by atoms with Crippen molar-refractivity contribution < 1.29 is 17.9 Å². The van der Waals surface area contributed by atoms with E-state index in [4.69, 9.17) is 27.9 Å². The average molecular weight is 445 g/mol. The third-order valence-electron chi connectivity index (χ3n) is 4.21. The van der Waals surface area contributed by atoms with Gasteiger partial charge in [0, 0.05) is 5.02 Å². The number of nitrogens with zero attached hydrogens (tertiary/aromatic N) is 1. The van der Waals surface area contributed by atoms with Gasteiger partial charge in [-0.1, -0.05) is 35.3 Å². The molecule has 2 atom stereocenters. The molecular formula is C19H22Cl2N2O4S. The van der Waals surface area contributed by atoms with E-state index in [1.54, 1.807) is 25.3 Å². The highest BCUT2D eigenvalue weighted by Gasteiger charge is 2.31. The molecule has 0 bridgehead atoms. The predicted octanol–water partition coefficient (Wildman–Crippen LogP) is 4.03. The summed E-state index contributed by atoms with van der Waals surface area (Å²) in [4.78, 5) is 12.8. The summed E-state index contributed by atoms with van der Waals surface area (Å²) in [6.07, 6.45) is 1.01. The highest BCUT2D eigenvalue weighted by atomic mass is 35.5. The first-order chi connectivity index (χ1) is 13.0. The van der Waals surface area contributed by atoms with Crippen LogP contribution in [-0.2, 0) is 14.8 Å². The predicted molar refractivity (Wildman–Crippen MR) is 113 cm³/mol. The van der Waals surface area contributed by atoms with Gasteiger partial charge in [0.2, 0.25) is 15.9 Å². The van der Waals surface area contributed by atoms with E-state index in [1.165, 1.54) is 19.1 Å². The Morgan fingerprint density at radius 3 is 2.25 bits per heavy atom. The maximum atomic E-state index is 12.8. The second-order valence-corrected chi connectivity index (χ2v) is 9.04. The van der Waals surface area contributed by atoms with Crippen molar-refractivity contribution in [2.75, 3.05) is 17.7 Å². The van der Waals surface area contributed by atoms with E-state index in [9.17, 15) is 13.2 Å². The van der Waals surface area contributed by atoms with Crippen LogP contribution in [0.25, 0.3) is 0 Å². The molecule has 0 unspecified atom stereocenters. The normalized spacial score (nSPS) is 13.5. The van der Waals surface area contributed by atoms with Crippen molar-refractivity contribution in [1.82, 2.24) is 5.32 Å². The van der Waals surface area contributed by atoms with Gasteiger partial charge in [0.15, 0.2) is 0 Å². The third kappa shape index (κ3) is 5.31. The Hall–Kier alpha value is -1.96. The van der Waals surface area contributed by atoms with Gasteiger partial charge in [-0.15, -0.1) is 0 Å². The van der Waals surface area contributed by atoms with E-state index < -0.39 is 22.0 Å². The lowest BCUT2D eigenvalue weighted by Crippen LogP contribution is -2.48. The number of halogens is 2. The lowest BCUT2D eigenvalue weighted by Gasteiger charge is -2.30. The molecule has 28 heavy (non-hydrogen) atoms. The number of nitrogens with one attached hydrogen (secondary N) is 1. The fourth-order valence-electron chi connectivity index (χ4n) is 2.75. The van der Waals surface area contributed by atoms with Gasteiger partial charge in [-0.2, -0.15) is 0 Å². The number of methoxy groups -OCH3 is 1. The number of benzene rings is 2. The largest absolute Gasteiger partial charge is 0.497 e. The maximum absolute atomic E-state index is 12.8. The molecule has 2 rings (SSSR count). The minimum absolute atomic E-state index is 0.149. The molecule has 2 aromatic carbocycles. The minimum atomic E-state index is -3.80. The summed E-state index contributed by atoms with van der Waals surface area (Å²) in [5.74, 6) is 0.235. The van der Waals surface area contributed by atoms with Gasteiger partial charge in [-0.05, 0) is 49.7 Å². The van der Waals surface area contributed by atoms with Crippen LogP contribution in [0.4, 0.5) is 5.69 Å². The first-order valence-corrected chi connectivity index (χ1v) is 11.0. The van der Waals surface area contributed by atoms with Crippen molar-refractivity contribution in [1.29, 1.82) is 0 Å². The Morgan fingerprint density at radius 2 is 1.71 bits per heavy atom. The molecular weight excluding hydrogens is 423 g/mol. The van der Waals surface area contributed by atoms with Gasteiger partial charge in [-0.25, -0.2) is 8.42 Å². The van der Waals surface area contributed by atoms with Gasteiger partial charge in [-0.3, -0.25) is 9.10 Å². The maximum Gasteiger partial charge on any atom is 0.244 e. The van der Waals surface area contributed by atoms with Crippen molar-refractivity contribution >= 4 is 44.8 Å². The molecule has 0 heterocycles. The van der Waals surface area contributed by atoms with Gasteiger partial charge in [0.05, 0.1) is 30.1 Å². The fourth-order valence-corrected chi connectivity index (χ4v) is 4.35. The van der Waals surface area contributed by atoms with Crippen LogP contribution in [0.5, 0.6) is 5.75 Å². The standard InChI is InChI=1S/C19H22Cl2N2O4S/c1-12(14-5-8-16(27-3)9-6-14)22-19(24)13(2)23(28(4,25)26)18-11-15(20)7-10-17(18)21/h5-13H,1-4H3,(H,22,24)/t12-,13-/m0/s1. The van der Waals surface area contributed by atoms with E-state index in [0.717, 1.165) is 16.1 Å². The van der Waals surface area contributed by atoms with Crippen LogP contribution in [-0.4, -0.2) is 33.7 Å². The molecule has 152 valence electrons. The Kier molecular flexibility index (Phi) is 7.20. The second-order valence-electron chi connectivity index (χ2n) is 6.33. The molecule has 0 aliphatic heterocycles. The monoisotopic (exact) mass is 444 g/mol. The smallest absolute Gasteiger partial charge is 0.244 e. The summed E-state index contributed by atoms with van der Waals surface area (Å²) in [5.41, 5.74) is 1.00. The Labute approximate surface area is 175 Å². The second kappa shape index (κ2) is 9.03. The highest BCUT2D eigenvalue weighted by molar-refractivity contribution is 7.92. The van der Waals surface area contributed by atoms with Gasteiger partial charge in [0.25, 0.3) is 0 Å². The average Bonchev–Trinajstić information content (AvgIpc) is 2.63. The number of sulfonamides is 1. The molecule has 0 aliphatic carbocycles. The molecule has 6 nitrogen and oxygen atoms in total. The quantitative estimate of drug-likeness (QED) is 0.698. The fraction of sp³-hybridized carbons (Fsp3) is 0.316. The molecule has 0 fully saturated rings. The summed E-state index contributed by atoms with van der Waals surface area (Å²) >= 11 is 12.2. The molecule has 0 aromatic heterocycles. The van der Waals surface area contributed by atoms with Crippen molar-refractivity contribution in [2.24, 2.45) is 0 Å². The van der Waals surface area contributed by atoms with Crippen LogP contribution in [0.1, 0.15) is 25.5 Å². The van der Waals surface area contributed by atoms with Crippen molar-refractivity contribution in [3.63, 3.8) is 0 Å². The summed E-state index contributed by atoms with van der Waals surface area (Å²) in [5, 5.41) is 3.32. The molecule has 1 N–H and O–H groups in total. The van der Waals surface area contributed by atoms with Crippen LogP contribution < -0.4 is 14.4 Å². The van der Waals surface area contributed by atoms with Crippen LogP contribution in [0, 0.1) is 0 Å². The number of ether oxygens (including phenoxy) is 1. The molecule has 0 radical (unpaired) electrons. The number of carbonyl (C=O) groups excluding carboxylic acids is 1. The number of amides is 1. The van der Waals surface area contributed by atoms with Gasteiger partial charge < -0.3 is 10.1 Å². The van der Waals surface area contributed by atoms with E-state index in [2.05, 4.69) is 5.32 Å². The van der Waals surface area contributed by atoms with Gasteiger partial charge in [0.1, 0.15) is 11.8 Å². The van der Waals surface area contributed by atoms with Crippen LogP contribution in [0.3, 0.4) is 0 Å². The molecule has 0 spiro atoms. The zero-order valence-electron chi connectivity index (χ0n) is 15.9. The number of carbonyl (C=O) groups is 1. The first kappa shape index (κ1) is 22.3. The van der Waals surface area contributed by atoms with E-state index in [0.29, 0.717) is 10.8 Å². The topological polar surface area (TPSA) is 75.7 Å². The molecule has 1 amide bonds. The third-order valence-corrected chi connectivity index (χ3v) is 5.99. The summed E-state index contributed by atoms with van der Waals surface area (Å²) in [6, 6.07) is 10.3. The van der Waals surface area contributed by atoms with E-state index in [1.807, 2.05) is 19.1 Å². The number of hydrogen-bond donors (Lipinski definition) is 1. The zero-order chi connectivity index (χ0) is 21.1. The summed E-state index contributed by atoms with van der Waals surface area (Å²) < 4.78 is 30.9. The Bertz CT molecular complexity index is 949. The summed E-state index contributed by atoms with van der Waals surface area (Å²) in [6.45, 7) is 3.30. The Balaban J connectivity index is 2.27. The molecule has 0 aliphatic rings. The van der Waals surface area contributed by atoms with Crippen LogP contribution in [0.15, 0.2) is 42.5 Å². The molecule has 2 aromatic rings. The first-order valence-electron chi connectivity index (χ1n) is 8.43. The lowest BCUT2D eigenvalue weighted by molar-refractivity contribution is -0.122. The lowest BCUT2D eigenvalue weighted by atomic mass is 10.1. The molecule has 0 saturated carbocycles. The number of hydrogen-bond acceptors (Lipinski definition) is 4. The van der Waals surface area contributed by atoms with Crippen molar-refractivity contribution in [3.8, 4) is 5.75 Å². The zero-order valence-corrected chi connectivity index (χ0v) is 18.3. The minimum Gasteiger partial charge on any atom is -0.497 e. The van der Waals surface area contributed by atoms with Crippen molar-refractivity contribution in [3.05, 3.63) is 58.1 Å². The van der Waals surface area contributed by atoms with Crippen LogP contribution in [0.2, 0.25) is 10.0 Å². The van der Waals surface area contributed by atoms with E-state index >= 15 is 0 Å². The molecule has 9 heteroatoms. The van der Waals surface area contributed by atoms with Crippen LogP contribution >= 0.6 is 23.2 Å². The number of anilines is 1. The summed E-state index contributed by atoms with van der Waals surface area (Å²) in [7, 11) is -2.23. The van der Waals surface area contributed by atoms with Gasteiger partial charge >= 0.3 is 0 Å². The Morgan fingerprint density at radius 1 is 1.11 bits per heavy atom. The van der Waals surface area contributed by atoms with Crippen molar-refractivity contribution in [2.45, 2.75) is 25.9 Å².